The maximum absolute atomic E-state index is 12.3. The number of carbonyl (C=O) groups excluding carboxylic acids is 1. The number of carbonyl (C=O) groups is 1. The molecule has 2 fully saturated rings. The predicted molar refractivity (Wildman–Crippen MR) is 77.4 cm³/mol. The molecule has 0 bridgehead atoms. The fraction of sp³-hybridized carbons (Fsp3) is 0.933. The number of urea groups is 1. The lowest BCUT2D eigenvalue weighted by Crippen LogP contribution is -2.53. The van der Waals surface area contributed by atoms with Crippen LogP contribution in [0.15, 0.2) is 0 Å². The van der Waals surface area contributed by atoms with E-state index in [0.717, 1.165) is 19.4 Å². The molecule has 2 amide bonds. The molecule has 2 saturated heterocycles. The Morgan fingerprint density at radius 3 is 2.55 bits per heavy atom. The van der Waals surface area contributed by atoms with Gasteiger partial charge in [-0.1, -0.05) is 13.8 Å². The minimum absolute atomic E-state index is 0.0393. The van der Waals surface area contributed by atoms with Crippen LogP contribution in [0.5, 0.6) is 0 Å². The first-order valence-electron chi connectivity index (χ1n) is 7.76. The molecule has 5 nitrogen and oxygen atoms in total. The van der Waals surface area contributed by atoms with Crippen LogP contribution in [0.4, 0.5) is 4.79 Å². The molecule has 2 aliphatic heterocycles. The van der Waals surface area contributed by atoms with Crippen LogP contribution < -0.4 is 5.32 Å². The molecular formula is C15H28N2O3. The highest BCUT2D eigenvalue weighted by Crippen LogP contribution is 2.34. The van der Waals surface area contributed by atoms with Crippen LogP contribution in [0, 0.1) is 11.8 Å². The van der Waals surface area contributed by atoms with Crippen LogP contribution in [0.1, 0.15) is 40.5 Å². The molecule has 0 aromatic carbocycles. The quantitative estimate of drug-likeness (QED) is 0.864. The Kier molecular flexibility index (Phi) is 4.91. The van der Waals surface area contributed by atoms with Crippen molar-refractivity contribution in [2.24, 2.45) is 11.8 Å². The molecule has 5 heteroatoms. The van der Waals surface area contributed by atoms with Crippen LogP contribution in [0.3, 0.4) is 0 Å². The number of piperidine rings is 1. The van der Waals surface area contributed by atoms with E-state index in [9.17, 15) is 4.79 Å². The fourth-order valence-corrected chi connectivity index (χ4v) is 2.81. The topological polar surface area (TPSA) is 50.8 Å². The summed E-state index contributed by atoms with van der Waals surface area (Å²) in [5, 5.41) is 3.08. The molecule has 2 atom stereocenters. The van der Waals surface area contributed by atoms with E-state index in [1.165, 1.54) is 0 Å². The van der Waals surface area contributed by atoms with Gasteiger partial charge in [0.05, 0.1) is 13.2 Å². The summed E-state index contributed by atoms with van der Waals surface area (Å²) in [5.41, 5.74) is 0. The van der Waals surface area contributed by atoms with Crippen molar-refractivity contribution in [3.05, 3.63) is 0 Å². The molecule has 116 valence electrons. The Morgan fingerprint density at radius 1 is 1.30 bits per heavy atom. The Morgan fingerprint density at radius 2 is 1.95 bits per heavy atom. The highest BCUT2D eigenvalue weighted by molar-refractivity contribution is 5.74. The van der Waals surface area contributed by atoms with Crippen molar-refractivity contribution in [1.82, 2.24) is 10.2 Å². The molecule has 0 aliphatic carbocycles. The smallest absolute Gasteiger partial charge is 0.317 e. The van der Waals surface area contributed by atoms with E-state index in [0.29, 0.717) is 25.7 Å². The summed E-state index contributed by atoms with van der Waals surface area (Å²) in [6.45, 7) is 11.1. The minimum atomic E-state index is -0.511. The van der Waals surface area contributed by atoms with E-state index in [4.69, 9.17) is 9.47 Å². The van der Waals surface area contributed by atoms with E-state index >= 15 is 0 Å². The molecule has 0 saturated carbocycles. The van der Waals surface area contributed by atoms with Crippen LogP contribution in [-0.4, -0.2) is 49.1 Å². The number of nitrogens with one attached hydrogen (secondary N) is 1. The lowest BCUT2D eigenvalue weighted by Gasteiger charge is -2.40. The maximum Gasteiger partial charge on any atom is 0.317 e. The van der Waals surface area contributed by atoms with Gasteiger partial charge in [-0.25, -0.2) is 4.79 Å². The van der Waals surface area contributed by atoms with E-state index in [2.05, 4.69) is 26.1 Å². The molecule has 0 spiro atoms. The Labute approximate surface area is 122 Å². The lowest BCUT2D eigenvalue weighted by molar-refractivity contribution is -0.189. The van der Waals surface area contributed by atoms with Crippen molar-refractivity contribution in [3.63, 3.8) is 0 Å². The van der Waals surface area contributed by atoms with Gasteiger partial charge < -0.3 is 19.7 Å². The zero-order valence-corrected chi connectivity index (χ0v) is 13.1. The van der Waals surface area contributed by atoms with Gasteiger partial charge in [0.2, 0.25) is 0 Å². The van der Waals surface area contributed by atoms with E-state index in [1.54, 1.807) is 0 Å². The molecule has 1 N–H and O–H groups in total. The third kappa shape index (κ3) is 3.44. The largest absolute Gasteiger partial charge is 0.347 e. The monoisotopic (exact) mass is 284 g/mol. The number of hydrogen-bond acceptors (Lipinski definition) is 3. The number of rotatable bonds is 3. The van der Waals surface area contributed by atoms with Gasteiger partial charge in [0.15, 0.2) is 5.79 Å². The summed E-state index contributed by atoms with van der Waals surface area (Å²) >= 11 is 0. The van der Waals surface area contributed by atoms with Crippen molar-refractivity contribution < 1.29 is 14.3 Å². The SMILES string of the molecule is CC(C)[C@@H](C)NC(=O)N1CCC[C@@H](C2(C)OCCO2)C1. The predicted octanol–water partition coefficient (Wildman–Crippen LogP) is 2.22. The van der Waals surface area contributed by atoms with Crippen LogP contribution >= 0.6 is 0 Å². The Bertz CT molecular complexity index is 340. The number of hydrogen-bond donors (Lipinski definition) is 1. The molecule has 0 unspecified atom stereocenters. The molecule has 0 aromatic heterocycles. The van der Waals surface area contributed by atoms with Crippen molar-refractivity contribution >= 4 is 6.03 Å². The van der Waals surface area contributed by atoms with Gasteiger partial charge >= 0.3 is 6.03 Å². The Balaban J connectivity index is 1.91. The Hall–Kier alpha value is -0.810. The van der Waals surface area contributed by atoms with E-state index in [1.807, 2.05) is 11.8 Å². The van der Waals surface area contributed by atoms with Crippen LogP contribution in [-0.2, 0) is 9.47 Å². The van der Waals surface area contributed by atoms with Gasteiger partial charge in [-0.2, -0.15) is 0 Å². The summed E-state index contributed by atoms with van der Waals surface area (Å²) < 4.78 is 11.5. The van der Waals surface area contributed by atoms with Gasteiger partial charge in [0, 0.05) is 25.0 Å². The minimum Gasteiger partial charge on any atom is -0.347 e. The second-order valence-corrected chi connectivity index (χ2v) is 6.48. The fourth-order valence-electron chi connectivity index (χ4n) is 2.81. The zero-order chi connectivity index (χ0) is 14.8. The second kappa shape index (κ2) is 6.31. The summed E-state index contributed by atoms with van der Waals surface area (Å²) in [4.78, 5) is 14.2. The highest BCUT2D eigenvalue weighted by atomic mass is 16.7. The van der Waals surface area contributed by atoms with E-state index in [-0.39, 0.29) is 18.0 Å². The zero-order valence-electron chi connectivity index (χ0n) is 13.1. The van der Waals surface area contributed by atoms with Crippen molar-refractivity contribution in [1.29, 1.82) is 0 Å². The molecular weight excluding hydrogens is 256 g/mol. The molecule has 20 heavy (non-hydrogen) atoms. The van der Waals surface area contributed by atoms with Crippen LogP contribution in [0.2, 0.25) is 0 Å². The first-order chi connectivity index (χ1) is 9.42. The first-order valence-corrected chi connectivity index (χ1v) is 7.76. The molecule has 2 aliphatic rings. The van der Waals surface area contributed by atoms with Gasteiger partial charge in [0.25, 0.3) is 0 Å². The van der Waals surface area contributed by atoms with Gasteiger partial charge in [-0.15, -0.1) is 0 Å². The standard InChI is InChI=1S/C15H28N2O3/c1-11(2)12(3)16-14(18)17-7-5-6-13(10-17)15(4)19-8-9-20-15/h11-13H,5-10H2,1-4H3,(H,16,18)/t12-,13-/m1/s1. The van der Waals surface area contributed by atoms with E-state index < -0.39 is 5.79 Å². The number of ether oxygens (including phenoxy) is 2. The normalized spacial score (nSPS) is 27.6. The number of amides is 2. The van der Waals surface area contributed by atoms with Crippen molar-refractivity contribution in [3.8, 4) is 0 Å². The van der Waals surface area contributed by atoms with Crippen LogP contribution in [0.25, 0.3) is 0 Å². The maximum atomic E-state index is 12.3. The molecule has 0 radical (unpaired) electrons. The van der Waals surface area contributed by atoms with Gasteiger partial charge in [-0.3, -0.25) is 0 Å². The summed E-state index contributed by atoms with van der Waals surface area (Å²) in [6, 6.07) is 0.231. The number of likely N-dealkylation sites (tertiary alicyclic amines) is 1. The third-order valence-electron chi connectivity index (χ3n) is 4.66. The lowest BCUT2D eigenvalue weighted by atomic mass is 9.90. The van der Waals surface area contributed by atoms with Crippen molar-refractivity contribution in [2.45, 2.75) is 52.4 Å². The molecule has 2 rings (SSSR count). The van der Waals surface area contributed by atoms with Gasteiger partial charge in [-0.05, 0) is 32.6 Å². The first kappa shape index (κ1) is 15.6. The third-order valence-corrected chi connectivity index (χ3v) is 4.66. The molecule has 2 heterocycles. The summed E-state index contributed by atoms with van der Waals surface area (Å²) in [5.74, 6) is 0.195. The average molecular weight is 284 g/mol. The van der Waals surface area contributed by atoms with Crippen molar-refractivity contribution in [2.75, 3.05) is 26.3 Å². The summed E-state index contributed by atoms with van der Waals surface area (Å²) in [6.07, 6.45) is 2.07. The number of nitrogens with zero attached hydrogens (tertiary/aromatic N) is 1. The second-order valence-electron chi connectivity index (χ2n) is 6.48. The molecule has 0 aromatic rings. The van der Waals surface area contributed by atoms with Gasteiger partial charge in [0.1, 0.15) is 0 Å². The summed E-state index contributed by atoms with van der Waals surface area (Å²) in [7, 11) is 0. The highest BCUT2D eigenvalue weighted by Gasteiger charge is 2.42. The average Bonchev–Trinajstić information content (AvgIpc) is 2.87.